The van der Waals surface area contributed by atoms with E-state index in [2.05, 4.69) is 5.32 Å². The molecule has 1 amide bonds. The first-order chi connectivity index (χ1) is 9.70. The highest BCUT2D eigenvalue weighted by Crippen LogP contribution is 2.23. The number of nitrogens with two attached hydrogens (primary N) is 1. The van der Waals surface area contributed by atoms with Crippen LogP contribution >= 0.6 is 11.6 Å². The Morgan fingerprint density at radius 1 is 1.38 bits per heavy atom. The summed E-state index contributed by atoms with van der Waals surface area (Å²) in [7, 11) is -4.29. The van der Waals surface area contributed by atoms with Gasteiger partial charge in [0, 0.05) is 11.6 Å². The summed E-state index contributed by atoms with van der Waals surface area (Å²) in [5.74, 6) is -1.63. The van der Waals surface area contributed by atoms with Gasteiger partial charge in [-0.05, 0) is 18.1 Å². The summed E-state index contributed by atoms with van der Waals surface area (Å²) < 4.78 is 36.7. The van der Waals surface area contributed by atoms with Crippen molar-refractivity contribution >= 4 is 27.5 Å². The summed E-state index contributed by atoms with van der Waals surface area (Å²) in [6.45, 7) is 4.35. The van der Waals surface area contributed by atoms with E-state index in [9.17, 15) is 17.6 Å². The van der Waals surface area contributed by atoms with Crippen LogP contribution in [0, 0.1) is 11.7 Å². The molecule has 0 saturated carbocycles. The molecule has 0 radical (unpaired) electrons. The number of benzene rings is 1. The molecule has 0 aromatic heterocycles. The monoisotopic (exact) mass is 336 g/mol. The van der Waals surface area contributed by atoms with Crippen LogP contribution in [0.5, 0.6) is 0 Å². The maximum absolute atomic E-state index is 14.1. The molecule has 21 heavy (non-hydrogen) atoms. The zero-order chi connectivity index (χ0) is 16.2. The smallest absolute Gasteiger partial charge is 0.254 e. The van der Waals surface area contributed by atoms with Gasteiger partial charge in [-0.2, -0.15) is 0 Å². The van der Waals surface area contributed by atoms with Gasteiger partial charge in [0.15, 0.2) is 5.82 Å². The van der Waals surface area contributed by atoms with Crippen molar-refractivity contribution in [3.8, 4) is 0 Å². The van der Waals surface area contributed by atoms with Gasteiger partial charge in [0.25, 0.3) is 5.91 Å². The molecule has 5 nitrogen and oxygen atoms in total. The molecule has 8 heteroatoms. The van der Waals surface area contributed by atoms with Crippen molar-refractivity contribution in [2.45, 2.75) is 31.6 Å². The van der Waals surface area contributed by atoms with E-state index in [0.29, 0.717) is 6.54 Å². The number of carbonyl (C=O) groups is 1. The second-order valence-corrected chi connectivity index (χ2v) is 6.67. The zero-order valence-electron chi connectivity index (χ0n) is 11.8. The van der Waals surface area contributed by atoms with E-state index in [1.165, 1.54) is 0 Å². The topological polar surface area (TPSA) is 89.3 Å². The van der Waals surface area contributed by atoms with Crippen LogP contribution in [0.4, 0.5) is 4.39 Å². The Morgan fingerprint density at radius 3 is 2.43 bits per heavy atom. The largest absolute Gasteiger partial charge is 0.352 e. The van der Waals surface area contributed by atoms with Crippen molar-refractivity contribution in [3.63, 3.8) is 0 Å². The first kappa shape index (κ1) is 17.9. The maximum Gasteiger partial charge on any atom is 0.254 e. The number of nitrogens with one attached hydrogen (secondary N) is 1. The molecule has 0 aliphatic heterocycles. The summed E-state index contributed by atoms with van der Waals surface area (Å²) in [5, 5.41) is 7.40. The molecule has 1 rings (SSSR count). The van der Waals surface area contributed by atoms with Crippen molar-refractivity contribution in [2.75, 3.05) is 6.54 Å². The maximum atomic E-state index is 14.1. The lowest BCUT2D eigenvalue weighted by Crippen LogP contribution is -2.30. The molecule has 0 bridgehead atoms. The third-order valence-electron chi connectivity index (χ3n) is 3.26. The molecular weight excluding hydrogens is 319 g/mol. The van der Waals surface area contributed by atoms with E-state index >= 15 is 0 Å². The van der Waals surface area contributed by atoms with Crippen LogP contribution < -0.4 is 10.5 Å². The average molecular weight is 337 g/mol. The van der Waals surface area contributed by atoms with Crippen molar-refractivity contribution < 1.29 is 17.6 Å². The number of amides is 1. The Hall–Kier alpha value is -1.18. The van der Waals surface area contributed by atoms with Gasteiger partial charge in [0.05, 0.1) is 5.56 Å². The summed E-state index contributed by atoms with van der Waals surface area (Å²) in [6.07, 6.45) is 1.74. The molecule has 1 aromatic rings. The molecule has 0 saturated heterocycles. The third kappa shape index (κ3) is 4.66. The number of primary sulfonamides is 1. The highest BCUT2D eigenvalue weighted by Gasteiger charge is 2.23. The number of rotatable bonds is 6. The molecule has 118 valence electrons. The Kier molecular flexibility index (Phi) is 6.12. The number of hydrogen-bond donors (Lipinski definition) is 2. The van der Waals surface area contributed by atoms with E-state index in [0.717, 1.165) is 25.0 Å². The normalized spacial score (nSPS) is 11.7. The molecule has 0 aliphatic carbocycles. The van der Waals surface area contributed by atoms with Gasteiger partial charge < -0.3 is 5.32 Å². The Labute approximate surface area is 128 Å². The van der Waals surface area contributed by atoms with Crippen molar-refractivity contribution in [2.24, 2.45) is 11.1 Å². The molecule has 0 aliphatic rings. The molecule has 0 unspecified atom stereocenters. The molecular formula is C13H18ClFN2O3S. The van der Waals surface area contributed by atoms with E-state index in [4.69, 9.17) is 16.7 Å². The number of sulfonamides is 1. The van der Waals surface area contributed by atoms with E-state index in [1.807, 2.05) is 13.8 Å². The van der Waals surface area contributed by atoms with Crippen LogP contribution in [0.1, 0.15) is 37.0 Å². The first-order valence-corrected chi connectivity index (χ1v) is 8.43. The van der Waals surface area contributed by atoms with E-state index in [-0.39, 0.29) is 10.9 Å². The predicted molar refractivity (Wildman–Crippen MR) is 79.2 cm³/mol. The fraction of sp³-hybridized carbons (Fsp3) is 0.462. The third-order valence-corrected chi connectivity index (χ3v) is 4.39. The molecule has 3 N–H and O–H groups in total. The molecule has 0 atom stereocenters. The lowest BCUT2D eigenvalue weighted by Gasteiger charge is -2.14. The molecule has 0 fully saturated rings. The van der Waals surface area contributed by atoms with Crippen molar-refractivity contribution in [1.29, 1.82) is 0 Å². The fourth-order valence-electron chi connectivity index (χ4n) is 1.85. The van der Waals surface area contributed by atoms with Crippen LogP contribution in [0.3, 0.4) is 0 Å². The highest BCUT2D eigenvalue weighted by molar-refractivity contribution is 7.89. The van der Waals surface area contributed by atoms with E-state index < -0.39 is 32.2 Å². The summed E-state index contributed by atoms with van der Waals surface area (Å²) in [4.78, 5) is 11.2. The lowest BCUT2D eigenvalue weighted by atomic mass is 10.0. The highest BCUT2D eigenvalue weighted by atomic mass is 35.5. The number of carbonyl (C=O) groups excluding carboxylic acids is 1. The van der Waals surface area contributed by atoms with Gasteiger partial charge in [-0.25, -0.2) is 17.9 Å². The lowest BCUT2D eigenvalue weighted by molar-refractivity contribution is 0.0942. The minimum atomic E-state index is -4.29. The fourth-order valence-corrected chi connectivity index (χ4v) is 2.78. The first-order valence-electron chi connectivity index (χ1n) is 6.50. The molecule has 0 heterocycles. The van der Waals surface area contributed by atoms with Crippen LogP contribution in [0.15, 0.2) is 17.0 Å². The average Bonchev–Trinajstić information content (AvgIpc) is 2.40. The van der Waals surface area contributed by atoms with Crippen molar-refractivity contribution in [1.82, 2.24) is 5.32 Å². The van der Waals surface area contributed by atoms with Crippen LogP contribution in [-0.4, -0.2) is 20.9 Å². The van der Waals surface area contributed by atoms with Gasteiger partial charge in [-0.3, -0.25) is 4.79 Å². The van der Waals surface area contributed by atoms with E-state index in [1.54, 1.807) is 0 Å². The minimum Gasteiger partial charge on any atom is -0.352 e. The summed E-state index contributed by atoms with van der Waals surface area (Å²) >= 11 is 5.72. The second-order valence-electron chi connectivity index (χ2n) is 4.70. The summed E-state index contributed by atoms with van der Waals surface area (Å²) in [6, 6.07) is 1.96. The van der Waals surface area contributed by atoms with Gasteiger partial charge in [0.1, 0.15) is 4.90 Å². The SMILES string of the molecule is CCC(CC)CNC(=O)c1cc(Cl)cc(S(N)(=O)=O)c1F. The second kappa shape index (κ2) is 7.20. The standard InChI is InChI=1S/C13H18ClFN2O3S/c1-3-8(4-2)7-17-13(18)10-5-9(14)6-11(12(10)15)21(16,19)20/h5-6,8H,3-4,7H2,1-2H3,(H,17,18)(H2,16,19,20). The molecule has 1 aromatic carbocycles. The van der Waals surface area contributed by atoms with Gasteiger partial charge >= 0.3 is 0 Å². The quantitative estimate of drug-likeness (QED) is 0.835. The van der Waals surface area contributed by atoms with Gasteiger partial charge in [-0.1, -0.05) is 38.3 Å². The van der Waals surface area contributed by atoms with Crippen LogP contribution in [0.2, 0.25) is 5.02 Å². The number of hydrogen-bond acceptors (Lipinski definition) is 3. The van der Waals surface area contributed by atoms with Crippen LogP contribution in [-0.2, 0) is 10.0 Å². The van der Waals surface area contributed by atoms with Crippen molar-refractivity contribution in [3.05, 3.63) is 28.5 Å². The van der Waals surface area contributed by atoms with Gasteiger partial charge in [-0.15, -0.1) is 0 Å². The number of halogens is 2. The Balaban J connectivity index is 3.08. The van der Waals surface area contributed by atoms with Gasteiger partial charge in [0.2, 0.25) is 10.0 Å². The van der Waals surface area contributed by atoms with Crippen LogP contribution in [0.25, 0.3) is 0 Å². The minimum absolute atomic E-state index is 0.0758. The molecule has 0 spiro atoms. The zero-order valence-corrected chi connectivity index (χ0v) is 13.4. The predicted octanol–water partition coefficient (Wildman–Crippen LogP) is 2.29. The Bertz CT molecular complexity index is 631. The Morgan fingerprint density at radius 2 is 1.95 bits per heavy atom. The summed E-state index contributed by atoms with van der Waals surface area (Å²) in [5.41, 5.74) is -0.433.